The van der Waals surface area contributed by atoms with E-state index in [9.17, 15) is 0 Å². The number of imidazole rings is 1. The Balaban J connectivity index is 1.70. The Hall–Kier alpha value is -3.84. The smallest absolute Gasteiger partial charge is 0.155 e. The first-order valence-electron chi connectivity index (χ1n) is 10.5. The third kappa shape index (κ3) is 4.58. The second-order valence-electron chi connectivity index (χ2n) is 7.88. The number of pyridine rings is 1. The molecule has 0 aliphatic carbocycles. The minimum atomic E-state index is 0.165. The first-order chi connectivity index (χ1) is 15.6. The maximum atomic E-state index is 9.09. The zero-order valence-corrected chi connectivity index (χ0v) is 18.0. The van der Waals surface area contributed by atoms with Crippen molar-refractivity contribution in [3.63, 3.8) is 0 Å². The Morgan fingerprint density at radius 1 is 1.28 bits per heavy atom. The minimum absolute atomic E-state index is 0.165. The van der Waals surface area contributed by atoms with Crippen molar-refractivity contribution in [1.82, 2.24) is 24.9 Å². The van der Waals surface area contributed by atoms with Crippen LogP contribution in [0.4, 0.5) is 5.69 Å². The van der Waals surface area contributed by atoms with E-state index in [4.69, 9.17) is 15.5 Å². The average molecular weight is 432 g/mol. The van der Waals surface area contributed by atoms with Gasteiger partial charge < -0.3 is 15.4 Å². The van der Waals surface area contributed by atoms with Gasteiger partial charge in [0.15, 0.2) is 5.65 Å². The molecule has 0 aromatic carbocycles. The Morgan fingerprint density at radius 2 is 2.09 bits per heavy atom. The van der Waals surface area contributed by atoms with Crippen LogP contribution in [0, 0.1) is 16.9 Å². The second-order valence-corrected chi connectivity index (χ2v) is 7.88. The van der Waals surface area contributed by atoms with E-state index in [1.165, 1.54) is 6.20 Å². The zero-order chi connectivity index (χ0) is 22.5. The number of fused-ring (bicyclic) bond motifs is 1. The van der Waals surface area contributed by atoms with Gasteiger partial charge in [0.1, 0.15) is 17.5 Å². The lowest BCUT2D eigenvalue weighted by Gasteiger charge is -2.22. The first kappa shape index (κ1) is 21.4. The Morgan fingerprint density at radius 3 is 2.81 bits per heavy atom. The highest BCUT2D eigenvalue weighted by Crippen LogP contribution is 2.29. The molecule has 3 aromatic rings. The van der Waals surface area contributed by atoms with E-state index in [2.05, 4.69) is 36.9 Å². The van der Waals surface area contributed by atoms with E-state index in [-0.39, 0.29) is 6.04 Å². The number of nitrogens with zero attached hydrogens (tertiary/aromatic N) is 6. The van der Waals surface area contributed by atoms with Crippen LogP contribution in [-0.4, -0.2) is 44.9 Å². The second kappa shape index (κ2) is 9.53. The summed E-state index contributed by atoms with van der Waals surface area (Å²) in [5, 5.41) is 24.0. The van der Waals surface area contributed by atoms with E-state index < -0.39 is 0 Å². The number of nitrogens with one attached hydrogen (secondary N) is 3. The van der Waals surface area contributed by atoms with Gasteiger partial charge in [-0.3, -0.25) is 4.98 Å². The van der Waals surface area contributed by atoms with Crippen molar-refractivity contribution < 1.29 is 4.74 Å². The van der Waals surface area contributed by atoms with Crippen molar-refractivity contribution in [2.75, 3.05) is 18.5 Å². The fourth-order valence-corrected chi connectivity index (χ4v) is 3.57. The van der Waals surface area contributed by atoms with Gasteiger partial charge in [0.05, 0.1) is 23.7 Å². The summed E-state index contributed by atoms with van der Waals surface area (Å²) in [5.41, 5.74) is 12.1. The maximum Gasteiger partial charge on any atom is 0.155 e. The van der Waals surface area contributed by atoms with Gasteiger partial charge in [0.25, 0.3) is 0 Å². The van der Waals surface area contributed by atoms with Crippen LogP contribution in [0.2, 0.25) is 0 Å². The topological polar surface area (TPSA) is 136 Å². The van der Waals surface area contributed by atoms with Crippen LogP contribution in [0.1, 0.15) is 37.8 Å². The molecule has 0 bridgehead atoms. The molecule has 1 saturated heterocycles. The molecule has 1 fully saturated rings. The number of hydrogen-bond acceptors (Lipinski definition) is 9. The average Bonchev–Trinajstić information content (AvgIpc) is 3.23. The number of rotatable bonds is 7. The number of aromatic nitrogens is 4. The van der Waals surface area contributed by atoms with Crippen LogP contribution in [0.3, 0.4) is 0 Å². The summed E-state index contributed by atoms with van der Waals surface area (Å²) in [6.07, 6.45) is 8.52. The monoisotopic (exact) mass is 431 g/mol. The predicted octanol–water partition coefficient (Wildman–Crippen LogP) is 3.58. The molecule has 10 nitrogen and oxygen atoms in total. The Labute approximate surface area is 185 Å². The van der Waals surface area contributed by atoms with Gasteiger partial charge in [-0.25, -0.2) is 15.0 Å². The van der Waals surface area contributed by atoms with Gasteiger partial charge >= 0.3 is 0 Å². The van der Waals surface area contributed by atoms with Crippen LogP contribution in [0.5, 0.6) is 0 Å². The van der Waals surface area contributed by atoms with Crippen molar-refractivity contribution in [3.8, 4) is 17.5 Å². The molecule has 0 amide bonds. The molecule has 10 heteroatoms. The van der Waals surface area contributed by atoms with E-state index in [1.54, 1.807) is 29.2 Å². The van der Waals surface area contributed by atoms with Crippen LogP contribution in [0.25, 0.3) is 22.7 Å². The van der Waals surface area contributed by atoms with E-state index in [0.29, 0.717) is 34.3 Å². The van der Waals surface area contributed by atoms with Crippen molar-refractivity contribution in [1.29, 1.82) is 10.8 Å². The molecule has 0 unspecified atom stereocenters. The summed E-state index contributed by atoms with van der Waals surface area (Å²) in [5.74, 6) is 0. The summed E-state index contributed by atoms with van der Waals surface area (Å²) in [7, 11) is 0. The molecule has 1 aliphatic rings. The van der Waals surface area contributed by atoms with Gasteiger partial charge in [-0.2, -0.15) is 15.5 Å². The maximum absolute atomic E-state index is 9.09. The molecule has 164 valence electrons. The van der Waals surface area contributed by atoms with Gasteiger partial charge in [-0.1, -0.05) is 0 Å². The normalized spacial score (nSPS) is 15.0. The Bertz CT molecular complexity index is 1190. The van der Waals surface area contributed by atoms with Crippen molar-refractivity contribution in [2.45, 2.75) is 38.8 Å². The van der Waals surface area contributed by atoms with Crippen LogP contribution in [-0.2, 0) is 4.74 Å². The predicted molar refractivity (Wildman–Crippen MR) is 120 cm³/mol. The van der Waals surface area contributed by atoms with E-state index >= 15 is 0 Å². The summed E-state index contributed by atoms with van der Waals surface area (Å²) in [6.45, 7) is 5.56. The highest BCUT2D eigenvalue weighted by Gasteiger charge is 2.17. The van der Waals surface area contributed by atoms with E-state index in [1.807, 2.05) is 19.9 Å². The van der Waals surface area contributed by atoms with Crippen molar-refractivity contribution in [3.05, 3.63) is 48.1 Å². The SMILES string of the molecule is CC(C)Nc1cc(-c2cnc3cc(C#N)cnn23)ncc1/C(=C/NC1CCOCC1)N=N. The van der Waals surface area contributed by atoms with Gasteiger partial charge in [-0.15, -0.1) is 0 Å². The molecule has 0 radical (unpaired) electrons. The third-order valence-electron chi connectivity index (χ3n) is 5.17. The molecule has 1 aliphatic heterocycles. The van der Waals surface area contributed by atoms with Gasteiger partial charge in [0, 0.05) is 55.0 Å². The molecule has 4 rings (SSSR count). The quantitative estimate of drug-likeness (QED) is 0.486. The molecule has 4 heterocycles. The lowest BCUT2D eigenvalue weighted by Crippen LogP contribution is -2.31. The highest BCUT2D eigenvalue weighted by molar-refractivity contribution is 5.78. The number of ether oxygens (including phenoxy) is 1. The summed E-state index contributed by atoms with van der Waals surface area (Å²) >= 11 is 0. The molecule has 0 saturated carbocycles. The van der Waals surface area contributed by atoms with Crippen molar-refractivity contribution >= 4 is 17.0 Å². The molecular weight excluding hydrogens is 406 g/mol. The molecule has 32 heavy (non-hydrogen) atoms. The fraction of sp³-hybridized carbons (Fsp3) is 0.364. The summed E-state index contributed by atoms with van der Waals surface area (Å²) < 4.78 is 7.06. The standard InChI is InChI=1S/C22H25N9O/c1-14(2)29-18-8-19(21-13-27-22-7-15(9-23)10-28-31(21)22)26-11-17(18)20(30-24)12-25-16-3-5-32-6-4-16/h7-8,10-14,16,24-25H,3-6H2,1-2H3,(H,26,29)/b20-12-,30-24?. The molecule has 0 spiro atoms. The van der Waals surface area contributed by atoms with Crippen LogP contribution >= 0.6 is 0 Å². The molecule has 3 N–H and O–H groups in total. The van der Waals surface area contributed by atoms with Gasteiger partial charge in [0.2, 0.25) is 0 Å². The van der Waals surface area contributed by atoms with Crippen LogP contribution < -0.4 is 10.6 Å². The fourth-order valence-electron chi connectivity index (χ4n) is 3.57. The molecular formula is C22H25N9O. The van der Waals surface area contributed by atoms with Crippen molar-refractivity contribution in [2.24, 2.45) is 5.11 Å². The van der Waals surface area contributed by atoms with E-state index in [0.717, 1.165) is 37.3 Å². The lowest BCUT2D eigenvalue weighted by atomic mass is 10.1. The Kier molecular flexibility index (Phi) is 6.37. The molecule has 0 atom stereocenters. The summed E-state index contributed by atoms with van der Waals surface area (Å²) in [4.78, 5) is 8.97. The number of hydrogen-bond donors (Lipinski definition) is 3. The lowest BCUT2D eigenvalue weighted by molar-refractivity contribution is 0.0812. The molecule has 3 aromatic heterocycles. The summed E-state index contributed by atoms with van der Waals surface area (Å²) in [6, 6.07) is 6.13. The largest absolute Gasteiger partial charge is 0.386 e. The number of anilines is 1. The number of nitriles is 1. The van der Waals surface area contributed by atoms with Gasteiger partial charge in [-0.05, 0) is 32.8 Å². The minimum Gasteiger partial charge on any atom is -0.386 e. The van der Waals surface area contributed by atoms with Crippen LogP contribution in [0.15, 0.2) is 42.0 Å². The highest BCUT2D eigenvalue weighted by atomic mass is 16.5. The first-order valence-corrected chi connectivity index (χ1v) is 10.5. The zero-order valence-electron chi connectivity index (χ0n) is 18.0. The third-order valence-corrected chi connectivity index (χ3v) is 5.17.